The van der Waals surface area contributed by atoms with Crippen molar-refractivity contribution in [3.63, 3.8) is 0 Å². The van der Waals surface area contributed by atoms with E-state index in [-0.39, 0.29) is 6.54 Å². The lowest BCUT2D eigenvalue weighted by Crippen LogP contribution is -2.32. The highest BCUT2D eigenvalue weighted by molar-refractivity contribution is 6.30. The standard InChI is InChI=1S/C14H13Cl2NO2/c15-10-1-5-12(6-2-10)18-14(9-17)19-13-7-3-11(16)4-8-13/h1-8,14H,9,17H2. The van der Waals surface area contributed by atoms with Gasteiger partial charge in [0.1, 0.15) is 11.5 Å². The topological polar surface area (TPSA) is 44.5 Å². The zero-order valence-electron chi connectivity index (χ0n) is 10.1. The van der Waals surface area contributed by atoms with Gasteiger partial charge in [0.15, 0.2) is 0 Å². The molecule has 2 aromatic rings. The van der Waals surface area contributed by atoms with Crippen molar-refractivity contribution in [1.29, 1.82) is 0 Å². The average Bonchev–Trinajstić information content (AvgIpc) is 2.43. The quantitative estimate of drug-likeness (QED) is 0.855. The molecule has 2 rings (SSSR count). The molecule has 0 bridgehead atoms. The summed E-state index contributed by atoms with van der Waals surface area (Å²) in [5.74, 6) is 1.29. The van der Waals surface area contributed by atoms with E-state index in [1.54, 1.807) is 48.5 Å². The van der Waals surface area contributed by atoms with E-state index in [0.717, 1.165) is 0 Å². The van der Waals surface area contributed by atoms with Gasteiger partial charge in [-0.15, -0.1) is 0 Å². The highest BCUT2D eigenvalue weighted by Crippen LogP contribution is 2.20. The van der Waals surface area contributed by atoms with Crippen LogP contribution in [0.2, 0.25) is 10.0 Å². The fourth-order valence-electron chi connectivity index (χ4n) is 1.45. The van der Waals surface area contributed by atoms with Crippen LogP contribution < -0.4 is 15.2 Å². The van der Waals surface area contributed by atoms with Crippen molar-refractivity contribution in [3.8, 4) is 11.5 Å². The van der Waals surface area contributed by atoms with Crippen molar-refractivity contribution < 1.29 is 9.47 Å². The second kappa shape index (κ2) is 6.66. The molecule has 0 amide bonds. The fraction of sp³-hybridized carbons (Fsp3) is 0.143. The van der Waals surface area contributed by atoms with Gasteiger partial charge in [-0.25, -0.2) is 0 Å². The minimum absolute atomic E-state index is 0.227. The van der Waals surface area contributed by atoms with E-state index in [9.17, 15) is 0 Å². The predicted molar refractivity (Wildman–Crippen MR) is 77.0 cm³/mol. The van der Waals surface area contributed by atoms with Crippen molar-refractivity contribution in [2.24, 2.45) is 5.73 Å². The molecule has 2 N–H and O–H groups in total. The van der Waals surface area contributed by atoms with E-state index in [2.05, 4.69) is 0 Å². The van der Waals surface area contributed by atoms with E-state index < -0.39 is 6.29 Å². The van der Waals surface area contributed by atoms with Crippen LogP contribution in [0.3, 0.4) is 0 Å². The maximum Gasteiger partial charge on any atom is 0.253 e. The van der Waals surface area contributed by atoms with Crippen molar-refractivity contribution >= 4 is 23.2 Å². The number of nitrogens with two attached hydrogens (primary N) is 1. The number of hydrogen-bond donors (Lipinski definition) is 1. The van der Waals surface area contributed by atoms with Gasteiger partial charge in [0.25, 0.3) is 6.29 Å². The van der Waals surface area contributed by atoms with Crippen LogP contribution in [-0.2, 0) is 0 Å². The van der Waals surface area contributed by atoms with Crippen LogP contribution in [0.4, 0.5) is 0 Å². The monoisotopic (exact) mass is 297 g/mol. The fourth-order valence-corrected chi connectivity index (χ4v) is 1.70. The van der Waals surface area contributed by atoms with Gasteiger partial charge < -0.3 is 15.2 Å². The molecule has 0 spiro atoms. The zero-order chi connectivity index (χ0) is 13.7. The minimum atomic E-state index is -0.567. The molecule has 0 aromatic heterocycles. The highest BCUT2D eigenvalue weighted by Gasteiger charge is 2.10. The number of rotatable bonds is 5. The van der Waals surface area contributed by atoms with Crippen molar-refractivity contribution in [3.05, 3.63) is 58.6 Å². The first kappa shape index (κ1) is 14.0. The third-order valence-electron chi connectivity index (χ3n) is 2.35. The summed E-state index contributed by atoms with van der Waals surface area (Å²) in [6.07, 6.45) is -0.567. The van der Waals surface area contributed by atoms with E-state index in [0.29, 0.717) is 21.5 Å². The molecule has 0 aliphatic rings. The molecule has 0 saturated carbocycles. The molecule has 19 heavy (non-hydrogen) atoms. The Morgan fingerprint density at radius 2 is 1.16 bits per heavy atom. The molecule has 0 radical (unpaired) electrons. The van der Waals surface area contributed by atoms with Crippen molar-refractivity contribution in [2.45, 2.75) is 6.29 Å². The Hall–Kier alpha value is -1.42. The third-order valence-corrected chi connectivity index (χ3v) is 2.86. The first-order valence-electron chi connectivity index (χ1n) is 5.72. The Morgan fingerprint density at radius 3 is 1.47 bits per heavy atom. The Labute approximate surface area is 121 Å². The summed E-state index contributed by atoms with van der Waals surface area (Å²) < 4.78 is 11.2. The molecule has 0 fully saturated rings. The summed E-state index contributed by atoms with van der Waals surface area (Å²) >= 11 is 11.6. The van der Waals surface area contributed by atoms with E-state index in [4.69, 9.17) is 38.4 Å². The van der Waals surface area contributed by atoms with Gasteiger partial charge in [-0.2, -0.15) is 0 Å². The predicted octanol–water partition coefficient (Wildman–Crippen LogP) is 3.74. The van der Waals surface area contributed by atoms with Gasteiger partial charge in [-0.05, 0) is 48.5 Å². The summed E-state index contributed by atoms with van der Waals surface area (Å²) in [4.78, 5) is 0. The van der Waals surface area contributed by atoms with Crippen LogP contribution in [0.25, 0.3) is 0 Å². The van der Waals surface area contributed by atoms with Gasteiger partial charge in [0, 0.05) is 10.0 Å². The van der Waals surface area contributed by atoms with Crippen LogP contribution in [-0.4, -0.2) is 12.8 Å². The van der Waals surface area contributed by atoms with Crippen molar-refractivity contribution in [1.82, 2.24) is 0 Å². The molecule has 3 nitrogen and oxygen atoms in total. The van der Waals surface area contributed by atoms with Gasteiger partial charge >= 0.3 is 0 Å². The number of hydrogen-bond acceptors (Lipinski definition) is 3. The van der Waals surface area contributed by atoms with Crippen LogP contribution in [0, 0.1) is 0 Å². The number of halogens is 2. The summed E-state index contributed by atoms with van der Waals surface area (Å²) in [6, 6.07) is 14.0. The van der Waals surface area contributed by atoms with Gasteiger partial charge in [-0.1, -0.05) is 23.2 Å². The lowest BCUT2D eigenvalue weighted by Gasteiger charge is -2.19. The summed E-state index contributed by atoms with van der Waals surface area (Å²) in [7, 11) is 0. The van der Waals surface area contributed by atoms with Crippen LogP contribution in [0.5, 0.6) is 11.5 Å². The third kappa shape index (κ3) is 4.31. The van der Waals surface area contributed by atoms with E-state index in [1.807, 2.05) is 0 Å². The highest BCUT2D eigenvalue weighted by atomic mass is 35.5. The maximum atomic E-state index is 5.80. The van der Waals surface area contributed by atoms with Crippen LogP contribution in [0.1, 0.15) is 0 Å². The SMILES string of the molecule is NCC(Oc1ccc(Cl)cc1)Oc1ccc(Cl)cc1. The summed E-state index contributed by atoms with van der Waals surface area (Å²) in [6.45, 7) is 0.227. The van der Waals surface area contributed by atoms with Crippen LogP contribution in [0.15, 0.2) is 48.5 Å². The molecular formula is C14H13Cl2NO2. The average molecular weight is 298 g/mol. The second-order valence-electron chi connectivity index (χ2n) is 3.81. The Kier molecular flexibility index (Phi) is 4.91. The molecule has 5 heteroatoms. The normalized spacial score (nSPS) is 10.5. The summed E-state index contributed by atoms with van der Waals surface area (Å²) in [5, 5.41) is 1.30. The first-order valence-corrected chi connectivity index (χ1v) is 6.47. The molecule has 100 valence electrons. The van der Waals surface area contributed by atoms with Gasteiger partial charge in [0.2, 0.25) is 0 Å². The van der Waals surface area contributed by atoms with Crippen molar-refractivity contribution in [2.75, 3.05) is 6.54 Å². The lowest BCUT2D eigenvalue weighted by atomic mass is 10.3. The first-order chi connectivity index (χ1) is 9.17. The Balaban J connectivity index is 2.00. The molecule has 0 unspecified atom stereocenters. The molecule has 0 saturated heterocycles. The van der Waals surface area contributed by atoms with Crippen LogP contribution >= 0.6 is 23.2 Å². The minimum Gasteiger partial charge on any atom is -0.454 e. The van der Waals surface area contributed by atoms with Gasteiger partial charge in [0.05, 0.1) is 6.54 Å². The number of benzene rings is 2. The molecule has 0 heterocycles. The van der Waals surface area contributed by atoms with E-state index in [1.165, 1.54) is 0 Å². The van der Waals surface area contributed by atoms with Gasteiger partial charge in [-0.3, -0.25) is 0 Å². The molecule has 0 atom stereocenters. The molecule has 0 aliphatic heterocycles. The number of ether oxygens (including phenoxy) is 2. The lowest BCUT2D eigenvalue weighted by molar-refractivity contribution is 0.0138. The van der Waals surface area contributed by atoms with E-state index >= 15 is 0 Å². The Morgan fingerprint density at radius 1 is 0.789 bits per heavy atom. The molecule has 2 aromatic carbocycles. The molecular weight excluding hydrogens is 285 g/mol. The zero-order valence-corrected chi connectivity index (χ0v) is 11.6. The smallest absolute Gasteiger partial charge is 0.253 e. The second-order valence-corrected chi connectivity index (χ2v) is 4.68. The molecule has 0 aliphatic carbocycles. The Bertz CT molecular complexity index is 466. The largest absolute Gasteiger partial charge is 0.454 e. The summed E-state index contributed by atoms with van der Waals surface area (Å²) in [5.41, 5.74) is 5.63. The maximum absolute atomic E-state index is 5.80.